The topological polar surface area (TPSA) is 61.4 Å². The van der Waals surface area contributed by atoms with E-state index in [-0.39, 0.29) is 18.4 Å². The fourth-order valence-electron chi connectivity index (χ4n) is 2.17. The number of nitrogens with zero attached hydrogens (tertiary/aromatic N) is 1. The molecule has 0 aromatic heterocycles. The maximum atomic E-state index is 11.9. The molecule has 1 aliphatic heterocycles. The SMILES string of the molecule is Cc1ccc(NC(=O)CN2CCNC(=O)C2)c(C)c1. The Morgan fingerprint density at radius 2 is 2.21 bits per heavy atom. The van der Waals surface area contributed by atoms with Crippen molar-refractivity contribution in [3.63, 3.8) is 0 Å². The van der Waals surface area contributed by atoms with Crippen LogP contribution in [0.2, 0.25) is 0 Å². The second-order valence-electron chi connectivity index (χ2n) is 4.93. The maximum absolute atomic E-state index is 11.9. The lowest BCUT2D eigenvalue weighted by Gasteiger charge is -2.25. The van der Waals surface area contributed by atoms with Gasteiger partial charge in [0, 0.05) is 18.8 Å². The Labute approximate surface area is 113 Å². The number of piperazine rings is 1. The lowest BCUT2D eigenvalue weighted by atomic mass is 10.1. The van der Waals surface area contributed by atoms with Gasteiger partial charge in [-0.3, -0.25) is 14.5 Å². The molecular formula is C14H19N3O2. The van der Waals surface area contributed by atoms with Crippen molar-refractivity contribution in [1.82, 2.24) is 10.2 Å². The molecule has 0 unspecified atom stereocenters. The minimum Gasteiger partial charge on any atom is -0.354 e. The second-order valence-corrected chi connectivity index (χ2v) is 4.93. The van der Waals surface area contributed by atoms with Crippen molar-refractivity contribution < 1.29 is 9.59 Å². The molecule has 19 heavy (non-hydrogen) atoms. The molecular weight excluding hydrogens is 242 g/mol. The van der Waals surface area contributed by atoms with Gasteiger partial charge in [0.15, 0.2) is 0 Å². The van der Waals surface area contributed by atoms with E-state index in [9.17, 15) is 9.59 Å². The van der Waals surface area contributed by atoms with E-state index in [2.05, 4.69) is 10.6 Å². The number of carbonyl (C=O) groups is 2. The highest BCUT2D eigenvalue weighted by molar-refractivity contribution is 5.93. The fourth-order valence-corrected chi connectivity index (χ4v) is 2.17. The molecule has 2 rings (SSSR count). The third-order valence-corrected chi connectivity index (χ3v) is 3.14. The first-order valence-corrected chi connectivity index (χ1v) is 6.41. The summed E-state index contributed by atoms with van der Waals surface area (Å²) in [5.41, 5.74) is 3.05. The quantitative estimate of drug-likeness (QED) is 0.841. The summed E-state index contributed by atoms with van der Waals surface area (Å²) in [5, 5.41) is 5.63. The van der Waals surface area contributed by atoms with Crippen molar-refractivity contribution in [3.8, 4) is 0 Å². The van der Waals surface area contributed by atoms with Gasteiger partial charge in [0.25, 0.3) is 0 Å². The highest BCUT2D eigenvalue weighted by atomic mass is 16.2. The highest BCUT2D eigenvalue weighted by Crippen LogP contribution is 2.15. The lowest BCUT2D eigenvalue weighted by molar-refractivity contribution is -0.125. The first kappa shape index (κ1) is 13.5. The average molecular weight is 261 g/mol. The smallest absolute Gasteiger partial charge is 0.238 e. The molecule has 0 radical (unpaired) electrons. The Hall–Kier alpha value is -1.88. The molecule has 1 saturated heterocycles. The molecule has 1 aliphatic rings. The number of hydrogen-bond donors (Lipinski definition) is 2. The number of hydrogen-bond acceptors (Lipinski definition) is 3. The summed E-state index contributed by atoms with van der Waals surface area (Å²) in [6.07, 6.45) is 0. The number of aryl methyl sites for hydroxylation is 2. The van der Waals surface area contributed by atoms with Crippen LogP contribution in [-0.4, -0.2) is 42.9 Å². The molecule has 1 aromatic carbocycles. The van der Waals surface area contributed by atoms with Crippen LogP contribution in [0.5, 0.6) is 0 Å². The third-order valence-electron chi connectivity index (χ3n) is 3.14. The van der Waals surface area contributed by atoms with Gasteiger partial charge in [0.1, 0.15) is 0 Å². The molecule has 5 heteroatoms. The van der Waals surface area contributed by atoms with Gasteiger partial charge in [-0.1, -0.05) is 17.7 Å². The maximum Gasteiger partial charge on any atom is 0.238 e. The number of nitrogens with one attached hydrogen (secondary N) is 2. The number of rotatable bonds is 3. The zero-order chi connectivity index (χ0) is 13.8. The van der Waals surface area contributed by atoms with Crippen molar-refractivity contribution in [2.24, 2.45) is 0 Å². The summed E-state index contributed by atoms with van der Waals surface area (Å²) >= 11 is 0. The first-order valence-electron chi connectivity index (χ1n) is 6.41. The number of amides is 2. The third kappa shape index (κ3) is 3.79. The van der Waals surface area contributed by atoms with Crippen molar-refractivity contribution in [3.05, 3.63) is 29.3 Å². The predicted octanol–water partition coefficient (Wildman–Crippen LogP) is 0.674. The molecule has 2 amide bonds. The molecule has 0 bridgehead atoms. The van der Waals surface area contributed by atoms with Crippen LogP contribution in [0, 0.1) is 13.8 Å². The van der Waals surface area contributed by atoms with E-state index in [0.29, 0.717) is 19.6 Å². The number of carbonyl (C=O) groups excluding carboxylic acids is 2. The van der Waals surface area contributed by atoms with Gasteiger partial charge in [0.2, 0.25) is 11.8 Å². The van der Waals surface area contributed by atoms with Crippen LogP contribution in [0.4, 0.5) is 5.69 Å². The Morgan fingerprint density at radius 3 is 2.89 bits per heavy atom. The van der Waals surface area contributed by atoms with Gasteiger partial charge in [0.05, 0.1) is 13.1 Å². The zero-order valence-corrected chi connectivity index (χ0v) is 11.3. The van der Waals surface area contributed by atoms with Gasteiger partial charge in [-0.05, 0) is 25.5 Å². The van der Waals surface area contributed by atoms with Gasteiger partial charge in [-0.15, -0.1) is 0 Å². The van der Waals surface area contributed by atoms with Gasteiger partial charge in [-0.2, -0.15) is 0 Å². The van der Waals surface area contributed by atoms with Crippen molar-refractivity contribution in [2.75, 3.05) is 31.5 Å². The molecule has 1 heterocycles. The Balaban J connectivity index is 1.92. The summed E-state index contributed by atoms with van der Waals surface area (Å²) in [6, 6.07) is 5.91. The number of anilines is 1. The van der Waals surface area contributed by atoms with Crippen molar-refractivity contribution in [1.29, 1.82) is 0 Å². The van der Waals surface area contributed by atoms with Crippen molar-refractivity contribution >= 4 is 17.5 Å². The molecule has 0 atom stereocenters. The Kier molecular flexibility index (Phi) is 4.16. The number of benzene rings is 1. The van der Waals surface area contributed by atoms with Crippen LogP contribution >= 0.6 is 0 Å². The Bertz CT molecular complexity index is 499. The largest absolute Gasteiger partial charge is 0.354 e. The standard InChI is InChI=1S/C14H19N3O2/c1-10-3-4-12(11(2)7-10)16-14(19)9-17-6-5-15-13(18)8-17/h3-4,7H,5-6,8-9H2,1-2H3,(H,15,18)(H,16,19). The van der Waals surface area contributed by atoms with E-state index >= 15 is 0 Å². The first-order chi connectivity index (χ1) is 9.04. The molecule has 0 saturated carbocycles. The summed E-state index contributed by atoms with van der Waals surface area (Å²) in [4.78, 5) is 25.0. The normalized spacial score (nSPS) is 16.0. The van der Waals surface area contributed by atoms with Crippen LogP contribution in [-0.2, 0) is 9.59 Å². The minimum absolute atomic E-state index is 0.0226. The van der Waals surface area contributed by atoms with Crippen LogP contribution < -0.4 is 10.6 Å². The van der Waals surface area contributed by atoms with Gasteiger partial charge < -0.3 is 10.6 Å². The van der Waals surface area contributed by atoms with E-state index in [1.165, 1.54) is 5.56 Å². The summed E-state index contributed by atoms with van der Waals surface area (Å²) in [6.45, 7) is 5.85. The van der Waals surface area contributed by atoms with Crippen LogP contribution in [0.1, 0.15) is 11.1 Å². The molecule has 5 nitrogen and oxygen atoms in total. The van der Waals surface area contributed by atoms with Crippen LogP contribution in [0.25, 0.3) is 0 Å². The lowest BCUT2D eigenvalue weighted by Crippen LogP contribution is -2.49. The van der Waals surface area contributed by atoms with Crippen molar-refractivity contribution in [2.45, 2.75) is 13.8 Å². The average Bonchev–Trinajstić information content (AvgIpc) is 2.33. The molecule has 102 valence electrons. The van der Waals surface area contributed by atoms with Crippen LogP contribution in [0.3, 0.4) is 0 Å². The minimum atomic E-state index is -0.0818. The zero-order valence-electron chi connectivity index (χ0n) is 11.3. The molecule has 2 N–H and O–H groups in total. The van der Waals surface area contributed by atoms with E-state index < -0.39 is 0 Å². The van der Waals surface area contributed by atoms with E-state index in [1.807, 2.05) is 36.9 Å². The van der Waals surface area contributed by atoms with Gasteiger partial charge in [-0.25, -0.2) is 0 Å². The molecule has 0 spiro atoms. The van der Waals surface area contributed by atoms with E-state index in [1.54, 1.807) is 0 Å². The Morgan fingerprint density at radius 1 is 1.42 bits per heavy atom. The second kappa shape index (κ2) is 5.84. The molecule has 1 aromatic rings. The van der Waals surface area contributed by atoms with E-state index in [0.717, 1.165) is 11.3 Å². The fraction of sp³-hybridized carbons (Fsp3) is 0.429. The predicted molar refractivity (Wildman–Crippen MR) is 74.0 cm³/mol. The summed E-state index contributed by atoms with van der Waals surface area (Å²) < 4.78 is 0. The summed E-state index contributed by atoms with van der Waals surface area (Å²) in [5.74, 6) is -0.104. The molecule has 0 aliphatic carbocycles. The molecule has 1 fully saturated rings. The monoisotopic (exact) mass is 261 g/mol. The van der Waals surface area contributed by atoms with Gasteiger partial charge >= 0.3 is 0 Å². The van der Waals surface area contributed by atoms with E-state index in [4.69, 9.17) is 0 Å². The highest BCUT2D eigenvalue weighted by Gasteiger charge is 2.18. The summed E-state index contributed by atoms with van der Waals surface area (Å²) in [7, 11) is 0. The van der Waals surface area contributed by atoms with Crippen LogP contribution in [0.15, 0.2) is 18.2 Å².